The van der Waals surface area contributed by atoms with Gasteiger partial charge in [-0.1, -0.05) is 6.42 Å². The Hall–Kier alpha value is -2.15. The Morgan fingerprint density at radius 1 is 1.42 bits per heavy atom. The molecule has 1 aliphatic rings. The van der Waals surface area contributed by atoms with E-state index in [1.54, 1.807) is 6.20 Å². The molecule has 1 heterocycles. The summed E-state index contributed by atoms with van der Waals surface area (Å²) in [6, 6.07) is 6.30. The average Bonchev–Trinajstić information content (AvgIpc) is 2.82. The van der Waals surface area contributed by atoms with Crippen molar-refractivity contribution in [2.75, 3.05) is 0 Å². The van der Waals surface area contributed by atoms with E-state index < -0.39 is 0 Å². The van der Waals surface area contributed by atoms with Crippen LogP contribution >= 0.6 is 0 Å². The van der Waals surface area contributed by atoms with Crippen LogP contribution in [0.5, 0.6) is 0 Å². The Bertz CT molecular complexity index is 635. The molecule has 0 bridgehead atoms. The van der Waals surface area contributed by atoms with Crippen LogP contribution in [0.4, 0.5) is 4.39 Å². The van der Waals surface area contributed by atoms with Gasteiger partial charge in [-0.3, -0.25) is 4.68 Å². The van der Waals surface area contributed by atoms with E-state index in [-0.39, 0.29) is 5.82 Å². The summed E-state index contributed by atoms with van der Waals surface area (Å²) in [7, 11) is 0. The quantitative estimate of drug-likeness (QED) is 0.843. The van der Waals surface area contributed by atoms with Gasteiger partial charge in [-0.05, 0) is 37.0 Å². The number of hydrogen-bond donors (Lipinski definition) is 0. The van der Waals surface area contributed by atoms with Gasteiger partial charge in [0.2, 0.25) is 0 Å². The van der Waals surface area contributed by atoms with E-state index >= 15 is 0 Å². The minimum absolute atomic E-state index is 0.333. The first kappa shape index (κ1) is 11.9. The summed E-state index contributed by atoms with van der Waals surface area (Å²) in [5.74, 6) is 0.386. The molecule has 3 nitrogen and oxygen atoms in total. The first-order valence-electron chi connectivity index (χ1n) is 6.49. The molecule has 19 heavy (non-hydrogen) atoms. The highest BCUT2D eigenvalue weighted by molar-refractivity contribution is 5.69. The topological polar surface area (TPSA) is 41.6 Å². The molecule has 0 unspecified atom stereocenters. The second-order valence-corrected chi connectivity index (χ2v) is 5.05. The van der Waals surface area contributed by atoms with E-state index in [1.165, 1.54) is 37.5 Å². The van der Waals surface area contributed by atoms with Crippen molar-refractivity contribution < 1.29 is 4.39 Å². The van der Waals surface area contributed by atoms with Crippen LogP contribution in [0.3, 0.4) is 0 Å². The lowest BCUT2D eigenvalue weighted by molar-refractivity contribution is 0.266. The molecule has 3 rings (SSSR count). The predicted octanol–water partition coefficient (Wildman–Crippen LogP) is 3.36. The second kappa shape index (κ2) is 4.85. The molecular weight excluding hydrogens is 241 g/mol. The molecule has 0 aliphatic heterocycles. The zero-order valence-corrected chi connectivity index (χ0v) is 10.5. The van der Waals surface area contributed by atoms with Crippen molar-refractivity contribution in [3.8, 4) is 17.2 Å². The van der Waals surface area contributed by atoms with Gasteiger partial charge in [0, 0.05) is 23.9 Å². The van der Waals surface area contributed by atoms with Crippen LogP contribution in [0.1, 0.15) is 24.8 Å². The van der Waals surface area contributed by atoms with E-state index in [0.717, 1.165) is 18.0 Å². The lowest BCUT2D eigenvalue weighted by Crippen LogP contribution is -2.18. The number of hydrogen-bond acceptors (Lipinski definition) is 2. The second-order valence-electron chi connectivity index (χ2n) is 5.05. The van der Waals surface area contributed by atoms with Crippen LogP contribution in [-0.4, -0.2) is 9.78 Å². The summed E-state index contributed by atoms with van der Waals surface area (Å²) < 4.78 is 15.2. The number of aromatic nitrogens is 2. The molecule has 0 saturated heterocycles. The Balaban J connectivity index is 1.89. The van der Waals surface area contributed by atoms with Gasteiger partial charge in [0.05, 0.1) is 17.8 Å². The van der Waals surface area contributed by atoms with Crippen LogP contribution in [0.15, 0.2) is 30.6 Å². The molecule has 0 radical (unpaired) electrons. The number of nitriles is 1. The maximum Gasteiger partial charge on any atom is 0.123 e. The van der Waals surface area contributed by atoms with Gasteiger partial charge in [-0.15, -0.1) is 0 Å². The van der Waals surface area contributed by atoms with Gasteiger partial charge >= 0.3 is 0 Å². The van der Waals surface area contributed by atoms with E-state index in [1.807, 2.05) is 10.9 Å². The molecule has 0 amide bonds. The van der Waals surface area contributed by atoms with Gasteiger partial charge in [-0.25, -0.2) is 4.39 Å². The lowest BCUT2D eigenvalue weighted by Gasteiger charge is -2.24. The summed E-state index contributed by atoms with van der Waals surface area (Å²) >= 11 is 0. The molecule has 0 atom stereocenters. The SMILES string of the molecule is N#Cc1ccc(F)cc1-c1cnn(CC2CCC2)c1. The normalized spacial score (nSPS) is 14.9. The molecule has 1 aliphatic carbocycles. The molecule has 1 aromatic carbocycles. The van der Waals surface area contributed by atoms with Gasteiger partial charge in [-0.2, -0.15) is 10.4 Å². The summed E-state index contributed by atoms with van der Waals surface area (Å²) in [5, 5.41) is 13.4. The zero-order chi connectivity index (χ0) is 13.2. The van der Waals surface area contributed by atoms with Crippen molar-refractivity contribution >= 4 is 0 Å². The molecule has 1 saturated carbocycles. The summed E-state index contributed by atoms with van der Waals surface area (Å²) in [6.45, 7) is 0.914. The molecular formula is C15H14FN3. The molecule has 0 spiro atoms. The lowest BCUT2D eigenvalue weighted by atomic mass is 9.85. The number of halogens is 1. The zero-order valence-electron chi connectivity index (χ0n) is 10.5. The van der Waals surface area contributed by atoms with Crippen molar-refractivity contribution in [3.63, 3.8) is 0 Å². The van der Waals surface area contributed by atoms with E-state index in [4.69, 9.17) is 5.26 Å². The number of rotatable bonds is 3. The van der Waals surface area contributed by atoms with Gasteiger partial charge in [0.25, 0.3) is 0 Å². The third kappa shape index (κ3) is 2.37. The smallest absolute Gasteiger partial charge is 0.123 e. The third-order valence-electron chi connectivity index (χ3n) is 3.72. The Morgan fingerprint density at radius 2 is 2.26 bits per heavy atom. The molecule has 2 aromatic rings. The van der Waals surface area contributed by atoms with E-state index in [9.17, 15) is 4.39 Å². The summed E-state index contributed by atoms with van der Waals surface area (Å²) in [6.07, 6.45) is 7.43. The van der Waals surface area contributed by atoms with Crippen molar-refractivity contribution in [2.45, 2.75) is 25.8 Å². The minimum Gasteiger partial charge on any atom is -0.272 e. The minimum atomic E-state index is -0.333. The molecule has 1 aromatic heterocycles. The first-order valence-corrected chi connectivity index (χ1v) is 6.49. The fourth-order valence-electron chi connectivity index (χ4n) is 2.40. The Labute approximate surface area is 111 Å². The average molecular weight is 255 g/mol. The molecule has 0 N–H and O–H groups in total. The highest BCUT2D eigenvalue weighted by Crippen LogP contribution is 2.29. The fourth-order valence-corrected chi connectivity index (χ4v) is 2.40. The van der Waals surface area contributed by atoms with Crippen LogP contribution in [0, 0.1) is 23.1 Å². The van der Waals surface area contributed by atoms with Crippen LogP contribution in [-0.2, 0) is 6.54 Å². The molecule has 96 valence electrons. The largest absolute Gasteiger partial charge is 0.272 e. The highest BCUT2D eigenvalue weighted by atomic mass is 19.1. The monoisotopic (exact) mass is 255 g/mol. The van der Waals surface area contributed by atoms with Crippen LogP contribution in [0.2, 0.25) is 0 Å². The van der Waals surface area contributed by atoms with Gasteiger partial charge < -0.3 is 0 Å². The van der Waals surface area contributed by atoms with Crippen molar-refractivity contribution in [1.82, 2.24) is 9.78 Å². The van der Waals surface area contributed by atoms with Crippen molar-refractivity contribution in [2.24, 2.45) is 5.92 Å². The van der Waals surface area contributed by atoms with Gasteiger partial charge in [0.15, 0.2) is 0 Å². The molecule has 1 fully saturated rings. The maximum absolute atomic E-state index is 13.3. The third-order valence-corrected chi connectivity index (χ3v) is 3.72. The number of benzene rings is 1. The first-order chi connectivity index (χ1) is 9.26. The maximum atomic E-state index is 13.3. The van der Waals surface area contributed by atoms with Crippen LogP contribution < -0.4 is 0 Å². The van der Waals surface area contributed by atoms with E-state index in [0.29, 0.717) is 11.1 Å². The van der Waals surface area contributed by atoms with Gasteiger partial charge in [0.1, 0.15) is 5.82 Å². The predicted molar refractivity (Wildman–Crippen MR) is 69.7 cm³/mol. The number of nitrogens with zero attached hydrogens (tertiary/aromatic N) is 3. The highest BCUT2D eigenvalue weighted by Gasteiger charge is 2.18. The Morgan fingerprint density at radius 3 is 2.95 bits per heavy atom. The van der Waals surface area contributed by atoms with E-state index in [2.05, 4.69) is 11.2 Å². The summed E-state index contributed by atoms with van der Waals surface area (Å²) in [5.41, 5.74) is 1.89. The van der Waals surface area contributed by atoms with Crippen LogP contribution in [0.25, 0.3) is 11.1 Å². The standard InChI is InChI=1S/C15H14FN3/c16-14-5-4-12(7-17)15(6-14)13-8-18-19(10-13)9-11-2-1-3-11/h4-6,8,10-11H,1-3,9H2. The fraction of sp³-hybridized carbons (Fsp3) is 0.333. The van der Waals surface area contributed by atoms with Crippen molar-refractivity contribution in [3.05, 3.63) is 42.0 Å². The Kier molecular flexibility index (Phi) is 3.04. The van der Waals surface area contributed by atoms with Crippen molar-refractivity contribution in [1.29, 1.82) is 5.26 Å². The summed E-state index contributed by atoms with van der Waals surface area (Å²) in [4.78, 5) is 0. The molecule has 4 heteroatoms.